The van der Waals surface area contributed by atoms with Crippen LogP contribution in [0.5, 0.6) is 0 Å². The van der Waals surface area contributed by atoms with Crippen molar-refractivity contribution in [3.05, 3.63) is 0 Å². The van der Waals surface area contributed by atoms with Gasteiger partial charge in [0.25, 0.3) is 0 Å². The number of nitrogens with one attached hydrogen (secondary N) is 1. The molecule has 1 unspecified atom stereocenters. The summed E-state index contributed by atoms with van der Waals surface area (Å²) >= 11 is 1.81. The van der Waals surface area contributed by atoms with Gasteiger partial charge in [-0.2, -0.15) is 11.8 Å². The number of hydrogen-bond donors (Lipinski definition) is 2. The number of carbonyl (C=O) groups excluding carboxylic acids is 1. The largest absolute Gasteiger partial charge is 0.354 e. The predicted molar refractivity (Wildman–Crippen MR) is 77.2 cm³/mol. The van der Waals surface area contributed by atoms with Crippen LogP contribution < -0.4 is 11.1 Å². The summed E-state index contributed by atoms with van der Waals surface area (Å²) in [7, 11) is 0. The lowest BCUT2D eigenvalue weighted by Gasteiger charge is -2.19. The molecule has 0 aromatic heterocycles. The summed E-state index contributed by atoms with van der Waals surface area (Å²) in [4.78, 5) is 11.8. The van der Waals surface area contributed by atoms with Crippen LogP contribution in [0.3, 0.4) is 0 Å². The summed E-state index contributed by atoms with van der Waals surface area (Å²) in [6.07, 6.45) is 4.72. The third-order valence-electron chi connectivity index (χ3n) is 2.77. The number of thioether (sulfide) groups is 1. The van der Waals surface area contributed by atoms with E-state index in [4.69, 9.17) is 5.73 Å². The molecule has 0 aliphatic carbocycles. The maximum atomic E-state index is 11.8. The van der Waals surface area contributed by atoms with E-state index >= 15 is 0 Å². The van der Waals surface area contributed by atoms with Crippen molar-refractivity contribution in [3.63, 3.8) is 0 Å². The Labute approximate surface area is 110 Å². The lowest BCUT2D eigenvalue weighted by Crippen LogP contribution is -2.35. The molecule has 2 atom stereocenters. The van der Waals surface area contributed by atoms with Gasteiger partial charge in [-0.3, -0.25) is 4.79 Å². The maximum absolute atomic E-state index is 11.8. The Morgan fingerprint density at radius 3 is 2.47 bits per heavy atom. The van der Waals surface area contributed by atoms with Crippen molar-refractivity contribution in [3.8, 4) is 0 Å². The van der Waals surface area contributed by atoms with E-state index in [0.717, 1.165) is 18.6 Å². The summed E-state index contributed by atoms with van der Waals surface area (Å²) in [5, 5.41) is 3.04. The van der Waals surface area contributed by atoms with Crippen molar-refractivity contribution >= 4 is 17.7 Å². The van der Waals surface area contributed by atoms with E-state index in [2.05, 4.69) is 32.3 Å². The van der Waals surface area contributed by atoms with Gasteiger partial charge in [0.2, 0.25) is 5.91 Å². The quantitative estimate of drug-likeness (QED) is 0.668. The SMILES string of the molecule is CSCCC(C)NC(=O)C[C@@H](CN)CC(C)C. The van der Waals surface area contributed by atoms with E-state index in [0.29, 0.717) is 24.8 Å². The summed E-state index contributed by atoms with van der Waals surface area (Å²) in [5.74, 6) is 2.16. The zero-order chi connectivity index (χ0) is 13.3. The monoisotopic (exact) mass is 260 g/mol. The molecular formula is C13H28N2OS. The van der Waals surface area contributed by atoms with Gasteiger partial charge in [0.1, 0.15) is 0 Å². The molecule has 0 saturated heterocycles. The van der Waals surface area contributed by atoms with Gasteiger partial charge in [-0.15, -0.1) is 0 Å². The molecule has 0 fully saturated rings. The lowest BCUT2D eigenvalue weighted by atomic mass is 9.94. The van der Waals surface area contributed by atoms with Crippen molar-refractivity contribution in [2.24, 2.45) is 17.6 Å². The van der Waals surface area contributed by atoms with Gasteiger partial charge >= 0.3 is 0 Å². The van der Waals surface area contributed by atoms with Crippen molar-refractivity contribution in [2.45, 2.75) is 46.1 Å². The Hall–Kier alpha value is -0.220. The summed E-state index contributed by atoms with van der Waals surface area (Å²) in [6.45, 7) is 7.00. The molecule has 4 heteroatoms. The fourth-order valence-electron chi connectivity index (χ4n) is 1.89. The van der Waals surface area contributed by atoms with Gasteiger partial charge in [-0.1, -0.05) is 13.8 Å². The van der Waals surface area contributed by atoms with Crippen LogP contribution in [-0.4, -0.2) is 30.5 Å². The Balaban J connectivity index is 3.89. The van der Waals surface area contributed by atoms with Crippen LogP contribution in [0.25, 0.3) is 0 Å². The first-order valence-electron chi connectivity index (χ1n) is 6.47. The number of rotatable bonds is 9. The minimum Gasteiger partial charge on any atom is -0.354 e. The van der Waals surface area contributed by atoms with Gasteiger partial charge in [0, 0.05) is 12.5 Å². The second-order valence-electron chi connectivity index (χ2n) is 5.19. The Morgan fingerprint density at radius 1 is 1.35 bits per heavy atom. The fraction of sp³-hybridized carbons (Fsp3) is 0.923. The first-order valence-corrected chi connectivity index (χ1v) is 7.87. The first kappa shape index (κ1) is 16.8. The minimum atomic E-state index is 0.148. The van der Waals surface area contributed by atoms with Crippen molar-refractivity contribution in [1.29, 1.82) is 0 Å². The highest BCUT2D eigenvalue weighted by Crippen LogP contribution is 2.14. The van der Waals surface area contributed by atoms with E-state index in [1.807, 2.05) is 11.8 Å². The van der Waals surface area contributed by atoms with Gasteiger partial charge in [-0.05, 0) is 50.2 Å². The number of carbonyl (C=O) groups is 1. The Kier molecular flexibility index (Phi) is 9.65. The second kappa shape index (κ2) is 9.77. The molecule has 0 aromatic rings. The standard InChI is InChI=1S/C13H28N2OS/c1-10(2)7-12(9-14)8-13(16)15-11(3)5-6-17-4/h10-12H,5-9,14H2,1-4H3,(H,15,16)/t11?,12-/m0/s1. The smallest absolute Gasteiger partial charge is 0.220 e. The van der Waals surface area contributed by atoms with Crippen LogP contribution in [0.2, 0.25) is 0 Å². The van der Waals surface area contributed by atoms with Crippen LogP contribution in [0, 0.1) is 11.8 Å². The van der Waals surface area contributed by atoms with E-state index in [1.54, 1.807) is 0 Å². The molecule has 3 N–H and O–H groups in total. The van der Waals surface area contributed by atoms with Crippen molar-refractivity contribution in [2.75, 3.05) is 18.6 Å². The normalized spacial score (nSPS) is 14.7. The van der Waals surface area contributed by atoms with E-state index < -0.39 is 0 Å². The average Bonchev–Trinajstić information content (AvgIpc) is 2.24. The van der Waals surface area contributed by atoms with Crippen LogP contribution >= 0.6 is 11.8 Å². The molecule has 0 rings (SSSR count). The van der Waals surface area contributed by atoms with Crippen LogP contribution in [-0.2, 0) is 4.79 Å². The Bertz CT molecular complexity index is 210. The molecular weight excluding hydrogens is 232 g/mol. The van der Waals surface area contributed by atoms with Gasteiger partial charge in [-0.25, -0.2) is 0 Å². The molecule has 3 nitrogen and oxygen atoms in total. The summed E-state index contributed by atoms with van der Waals surface area (Å²) in [6, 6.07) is 0.271. The second-order valence-corrected chi connectivity index (χ2v) is 6.17. The Morgan fingerprint density at radius 2 is 2.00 bits per heavy atom. The lowest BCUT2D eigenvalue weighted by molar-refractivity contribution is -0.122. The third kappa shape index (κ3) is 9.48. The van der Waals surface area contributed by atoms with Crippen molar-refractivity contribution in [1.82, 2.24) is 5.32 Å². The topological polar surface area (TPSA) is 55.1 Å². The maximum Gasteiger partial charge on any atom is 0.220 e. The van der Waals surface area contributed by atoms with Gasteiger partial charge < -0.3 is 11.1 Å². The molecule has 0 aromatic carbocycles. The zero-order valence-electron chi connectivity index (χ0n) is 11.7. The van der Waals surface area contributed by atoms with E-state index in [-0.39, 0.29) is 11.9 Å². The number of amides is 1. The molecule has 0 aliphatic heterocycles. The highest BCUT2D eigenvalue weighted by Gasteiger charge is 2.15. The van der Waals surface area contributed by atoms with E-state index in [9.17, 15) is 4.79 Å². The highest BCUT2D eigenvalue weighted by molar-refractivity contribution is 7.98. The number of nitrogens with two attached hydrogens (primary N) is 1. The molecule has 0 aliphatic rings. The van der Waals surface area contributed by atoms with Crippen LogP contribution in [0.15, 0.2) is 0 Å². The third-order valence-corrected chi connectivity index (χ3v) is 3.42. The number of hydrogen-bond acceptors (Lipinski definition) is 3. The molecule has 17 heavy (non-hydrogen) atoms. The molecule has 0 radical (unpaired) electrons. The van der Waals surface area contributed by atoms with Crippen LogP contribution in [0.4, 0.5) is 0 Å². The van der Waals surface area contributed by atoms with Crippen molar-refractivity contribution < 1.29 is 4.79 Å². The molecule has 0 bridgehead atoms. The molecule has 102 valence electrons. The summed E-state index contributed by atoms with van der Waals surface area (Å²) < 4.78 is 0. The van der Waals surface area contributed by atoms with Gasteiger partial charge in [0.15, 0.2) is 0 Å². The fourth-order valence-corrected chi connectivity index (χ4v) is 2.48. The van der Waals surface area contributed by atoms with E-state index in [1.165, 1.54) is 0 Å². The first-order chi connectivity index (χ1) is 7.99. The highest BCUT2D eigenvalue weighted by atomic mass is 32.2. The molecule has 1 amide bonds. The van der Waals surface area contributed by atoms with Gasteiger partial charge in [0.05, 0.1) is 0 Å². The molecule has 0 saturated carbocycles. The predicted octanol–water partition coefficient (Wildman–Crippen LogP) is 2.26. The van der Waals surface area contributed by atoms with Crippen LogP contribution in [0.1, 0.15) is 40.0 Å². The zero-order valence-corrected chi connectivity index (χ0v) is 12.5. The minimum absolute atomic E-state index is 0.148. The molecule has 0 heterocycles. The average molecular weight is 260 g/mol. The summed E-state index contributed by atoms with van der Waals surface area (Å²) in [5.41, 5.74) is 5.70. The molecule has 0 spiro atoms.